The zero-order chi connectivity index (χ0) is 13.7. The molecule has 0 radical (unpaired) electrons. The van der Waals surface area contributed by atoms with Crippen LogP contribution >= 0.6 is 11.6 Å². The van der Waals surface area contributed by atoms with Crippen molar-refractivity contribution < 1.29 is 0 Å². The van der Waals surface area contributed by atoms with Crippen LogP contribution in [0.4, 0.5) is 0 Å². The minimum atomic E-state index is 0.197. The SMILES string of the molecule is CCCC(NC(C)c1ncc[nH]1)c1ccc(Cl)cc1. The molecule has 0 amide bonds. The molecule has 0 saturated heterocycles. The van der Waals surface area contributed by atoms with Crippen molar-refractivity contribution >= 4 is 11.6 Å². The molecule has 1 aromatic carbocycles. The average Bonchev–Trinajstić information content (AvgIpc) is 2.93. The first-order valence-corrected chi connectivity index (χ1v) is 7.09. The van der Waals surface area contributed by atoms with Gasteiger partial charge in [0.1, 0.15) is 5.82 Å². The number of nitrogens with one attached hydrogen (secondary N) is 2. The van der Waals surface area contributed by atoms with Gasteiger partial charge in [-0.25, -0.2) is 4.98 Å². The van der Waals surface area contributed by atoms with E-state index in [2.05, 4.69) is 41.3 Å². The predicted molar refractivity (Wildman–Crippen MR) is 79.2 cm³/mol. The van der Waals surface area contributed by atoms with Crippen LogP contribution < -0.4 is 5.32 Å². The molecule has 0 fully saturated rings. The number of aromatic nitrogens is 2. The number of benzene rings is 1. The van der Waals surface area contributed by atoms with Gasteiger partial charge in [-0.1, -0.05) is 37.1 Å². The normalized spacial score (nSPS) is 14.3. The summed E-state index contributed by atoms with van der Waals surface area (Å²) < 4.78 is 0. The fourth-order valence-electron chi connectivity index (χ4n) is 2.22. The molecule has 0 aliphatic rings. The van der Waals surface area contributed by atoms with Crippen molar-refractivity contribution in [2.75, 3.05) is 0 Å². The lowest BCUT2D eigenvalue weighted by atomic mass is 10.0. The van der Waals surface area contributed by atoms with Crippen LogP contribution in [0.3, 0.4) is 0 Å². The molecule has 1 heterocycles. The molecule has 19 heavy (non-hydrogen) atoms. The summed E-state index contributed by atoms with van der Waals surface area (Å²) in [7, 11) is 0. The fourth-order valence-corrected chi connectivity index (χ4v) is 2.35. The van der Waals surface area contributed by atoms with Gasteiger partial charge in [-0.15, -0.1) is 0 Å². The molecule has 2 unspecified atom stereocenters. The second kappa shape index (κ2) is 6.73. The Morgan fingerprint density at radius 1 is 1.32 bits per heavy atom. The molecular weight excluding hydrogens is 258 g/mol. The summed E-state index contributed by atoms with van der Waals surface area (Å²) in [5, 5.41) is 4.40. The number of hydrogen-bond acceptors (Lipinski definition) is 2. The molecule has 0 aliphatic heterocycles. The van der Waals surface area contributed by atoms with Gasteiger partial charge in [-0.2, -0.15) is 0 Å². The monoisotopic (exact) mass is 277 g/mol. The van der Waals surface area contributed by atoms with Crippen molar-refractivity contribution in [3.05, 3.63) is 53.1 Å². The number of halogens is 1. The predicted octanol–water partition coefficient (Wildman–Crippen LogP) is 4.26. The third-order valence-electron chi connectivity index (χ3n) is 3.23. The minimum absolute atomic E-state index is 0.197. The molecule has 2 atom stereocenters. The highest BCUT2D eigenvalue weighted by atomic mass is 35.5. The number of imidazole rings is 1. The zero-order valence-corrected chi connectivity index (χ0v) is 12.1. The number of H-pyrrole nitrogens is 1. The quantitative estimate of drug-likeness (QED) is 0.828. The highest BCUT2D eigenvalue weighted by Crippen LogP contribution is 2.23. The Morgan fingerprint density at radius 3 is 2.63 bits per heavy atom. The summed E-state index contributed by atoms with van der Waals surface area (Å²) in [5.74, 6) is 0.968. The van der Waals surface area contributed by atoms with Gasteiger partial charge in [0, 0.05) is 23.5 Å². The van der Waals surface area contributed by atoms with Crippen LogP contribution in [0.15, 0.2) is 36.7 Å². The molecular formula is C15H20ClN3. The first-order valence-electron chi connectivity index (χ1n) is 6.71. The van der Waals surface area contributed by atoms with Crippen LogP contribution in [0.5, 0.6) is 0 Å². The van der Waals surface area contributed by atoms with Crippen molar-refractivity contribution in [2.24, 2.45) is 0 Å². The van der Waals surface area contributed by atoms with E-state index in [4.69, 9.17) is 11.6 Å². The Bertz CT molecular complexity index is 479. The number of rotatable bonds is 6. The van der Waals surface area contributed by atoms with Crippen LogP contribution in [-0.2, 0) is 0 Å². The Labute approximate surface area is 119 Å². The van der Waals surface area contributed by atoms with E-state index in [1.165, 1.54) is 5.56 Å². The Balaban J connectivity index is 2.09. The van der Waals surface area contributed by atoms with Gasteiger partial charge < -0.3 is 10.3 Å². The van der Waals surface area contributed by atoms with Crippen LogP contribution in [0.2, 0.25) is 5.02 Å². The second-order valence-electron chi connectivity index (χ2n) is 4.76. The smallest absolute Gasteiger partial charge is 0.122 e. The maximum Gasteiger partial charge on any atom is 0.122 e. The largest absolute Gasteiger partial charge is 0.347 e. The van der Waals surface area contributed by atoms with Crippen LogP contribution in [0.1, 0.15) is 50.2 Å². The number of aromatic amines is 1. The highest BCUT2D eigenvalue weighted by molar-refractivity contribution is 6.30. The van der Waals surface area contributed by atoms with Gasteiger partial charge >= 0.3 is 0 Å². The van der Waals surface area contributed by atoms with Crippen molar-refractivity contribution in [1.29, 1.82) is 0 Å². The van der Waals surface area contributed by atoms with Gasteiger partial charge in [0.05, 0.1) is 6.04 Å². The molecule has 1 aromatic heterocycles. The highest BCUT2D eigenvalue weighted by Gasteiger charge is 2.15. The fraction of sp³-hybridized carbons (Fsp3) is 0.400. The summed E-state index contributed by atoms with van der Waals surface area (Å²) in [6.07, 6.45) is 5.85. The minimum Gasteiger partial charge on any atom is -0.347 e. The molecule has 2 N–H and O–H groups in total. The summed E-state index contributed by atoms with van der Waals surface area (Å²) in [6.45, 7) is 4.32. The molecule has 4 heteroatoms. The Kier molecular flexibility index (Phi) is 5.00. The summed E-state index contributed by atoms with van der Waals surface area (Å²) in [6, 6.07) is 8.58. The second-order valence-corrected chi connectivity index (χ2v) is 5.19. The standard InChI is InChI=1S/C15H20ClN3/c1-3-4-14(12-5-7-13(16)8-6-12)19-11(2)15-17-9-10-18-15/h5-11,14,19H,3-4H2,1-2H3,(H,17,18). The van der Waals surface area contributed by atoms with E-state index in [-0.39, 0.29) is 6.04 Å². The molecule has 0 bridgehead atoms. The zero-order valence-electron chi connectivity index (χ0n) is 11.4. The Hall–Kier alpha value is -1.32. The van der Waals surface area contributed by atoms with Gasteiger partial charge in [0.2, 0.25) is 0 Å². The topological polar surface area (TPSA) is 40.7 Å². The van der Waals surface area contributed by atoms with Gasteiger partial charge in [0.15, 0.2) is 0 Å². The summed E-state index contributed by atoms with van der Waals surface area (Å²) in [4.78, 5) is 7.45. The van der Waals surface area contributed by atoms with E-state index in [1.54, 1.807) is 6.20 Å². The van der Waals surface area contributed by atoms with E-state index >= 15 is 0 Å². The van der Waals surface area contributed by atoms with Crippen molar-refractivity contribution in [3.8, 4) is 0 Å². The molecule has 3 nitrogen and oxygen atoms in total. The van der Waals surface area contributed by atoms with E-state index in [0.717, 1.165) is 23.7 Å². The lowest BCUT2D eigenvalue weighted by molar-refractivity contribution is 0.429. The van der Waals surface area contributed by atoms with Crippen molar-refractivity contribution in [1.82, 2.24) is 15.3 Å². The first kappa shape index (κ1) is 14.1. The van der Waals surface area contributed by atoms with Gasteiger partial charge in [-0.05, 0) is 31.0 Å². The van der Waals surface area contributed by atoms with Crippen molar-refractivity contribution in [2.45, 2.75) is 38.8 Å². The summed E-state index contributed by atoms with van der Waals surface area (Å²) in [5.41, 5.74) is 1.27. The number of nitrogens with zero attached hydrogens (tertiary/aromatic N) is 1. The van der Waals surface area contributed by atoms with Crippen LogP contribution in [0.25, 0.3) is 0 Å². The maximum atomic E-state index is 5.94. The van der Waals surface area contributed by atoms with Crippen LogP contribution in [0, 0.1) is 0 Å². The molecule has 0 aliphatic carbocycles. The summed E-state index contributed by atoms with van der Waals surface area (Å²) >= 11 is 5.94. The lowest BCUT2D eigenvalue weighted by Crippen LogP contribution is -2.25. The maximum absolute atomic E-state index is 5.94. The lowest BCUT2D eigenvalue weighted by Gasteiger charge is -2.22. The molecule has 0 spiro atoms. The first-order chi connectivity index (χ1) is 9.20. The number of hydrogen-bond donors (Lipinski definition) is 2. The average molecular weight is 278 g/mol. The van der Waals surface area contributed by atoms with Gasteiger partial charge in [-0.3, -0.25) is 0 Å². The molecule has 2 aromatic rings. The van der Waals surface area contributed by atoms with E-state index < -0.39 is 0 Å². The molecule has 102 valence electrons. The van der Waals surface area contributed by atoms with Crippen LogP contribution in [-0.4, -0.2) is 9.97 Å². The molecule has 0 saturated carbocycles. The third-order valence-corrected chi connectivity index (χ3v) is 3.48. The third kappa shape index (κ3) is 3.82. The van der Waals surface area contributed by atoms with E-state index in [9.17, 15) is 0 Å². The van der Waals surface area contributed by atoms with E-state index in [1.807, 2.05) is 18.3 Å². The Morgan fingerprint density at radius 2 is 2.05 bits per heavy atom. The van der Waals surface area contributed by atoms with Gasteiger partial charge in [0.25, 0.3) is 0 Å². The van der Waals surface area contributed by atoms with Crippen molar-refractivity contribution in [3.63, 3.8) is 0 Å². The van der Waals surface area contributed by atoms with E-state index in [0.29, 0.717) is 6.04 Å². The molecule has 2 rings (SSSR count).